The molecule has 3 rings (SSSR count). The van der Waals surface area contributed by atoms with Crippen LogP contribution in [0.1, 0.15) is 12.2 Å². The molecule has 0 aliphatic carbocycles. The number of rotatable bonds is 6. The van der Waals surface area contributed by atoms with Crippen LogP contribution in [0, 0.1) is 12.8 Å². The number of hydrogen-bond acceptors (Lipinski definition) is 6. The highest BCUT2D eigenvalue weighted by Gasteiger charge is 2.24. The number of pyridine rings is 1. The fraction of sp³-hybridized carbons (Fsp3) is 0.438. The summed E-state index contributed by atoms with van der Waals surface area (Å²) < 4.78 is 4.93. The number of anilines is 2. The lowest BCUT2D eigenvalue weighted by Crippen LogP contribution is -2.32. The van der Waals surface area contributed by atoms with E-state index in [1.807, 2.05) is 18.2 Å². The van der Waals surface area contributed by atoms with Crippen molar-refractivity contribution in [3.63, 3.8) is 0 Å². The van der Waals surface area contributed by atoms with E-state index in [1.54, 1.807) is 19.2 Å². The summed E-state index contributed by atoms with van der Waals surface area (Å²) in [5.74, 6) is 2.52. The second-order valence-corrected chi connectivity index (χ2v) is 5.86. The second kappa shape index (κ2) is 7.23. The molecule has 7 nitrogen and oxygen atoms in total. The summed E-state index contributed by atoms with van der Waals surface area (Å²) in [6.45, 7) is 4.89. The van der Waals surface area contributed by atoms with Crippen molar-refractivity contribution in [2.24, 2.45) is 5.92 Å². The number of amides is 1. The predicted molar refractivity (Wildman–Crippen MR) is 87.1 cm³/mol. The summed E-state index contributed by atoms with van der Waals surface area (Å²) in [5, 5.41) is 9.86. The van der Waals surface area contributed by atoms with Gasteiger partial charge >= 0.3 is 0 Å². The van der Waals surface area contributed by atoms with Crippen LogP contribution in [-0.2, 0) is 4.79 Å². The lowest BCUT2D eigenvalue weighted by molar-refractivity contribution is -0.117. The van der Waals surface area contributed by atoms with Gasteiger partial charge in [-0.25, -0.2) is 4.98 Å². The first-order valence-electron chi connectivity index (χ1n) is 7.79. The number of aromatic nitrogens is 2. The molecular weight excluding hydrogens is 294 g/mol. The number of carbonyl (C=O) groups is 1. The van der Waals surface area contributed by atoms with Crippen molar-refractivity contribution in [3.8, 4) is 0 Å². The van der Waals surface area contributed by atoms with Crippen molar-refractivity contribution < 1.29 is 9.32 Å². The maximum absolute atomic E-state index is 12.0. The van der Waals surface area contributed by atoms with Crippen LogP contribution in [0.5, 0.6) is 0 Å². The molecule has 0 bridgehead atoms. The van der Waals surface area contributed by atoms with Crippen molar-refractivity contribution in [1.29, 1.82) is 0 Å². The zero-order valence-electron chi connectivity index (χ0n) is 13.2. The van der Waals surface area contributed by atoms with Crippen LogP contribution in [0.25, 0.3) is 0 Å². The summed E-state index contributed by atoms with van der Waals surface area (Å²) in [5.41, 5.74) is 0. The van der Waals surface area contributed by atoms with Gasteiger partial charge in [-0.05, 0) is 37.9 Å². The quantitative estimate of drug-likeness (QED) is 0.845. The molecule has 2 aromatic rings. The molecule has 0 radical (unpaired) electrons. The average Bonchev–Trinajstić information content (AvgIpc) is 3.15. The maximum atomic E-state index is 12.0. The Morgan fingerprint density at radius 2 is 2.35 bits per heavy atom. The number of carbonyl (C=O) groups excluding carboxylic acids is 1. The molecule has 1 atom stereocenters. The monoisotopic (exact) mass is 315 g/mol. The minimum atomic E-state index is -0.0587. The van der Waals surface area contributed by atoms with Crippen LogP contribution in [0.3, 0.4) is 0 Å². The molecule has 1 amide bonds. The van der Waals surface area contributed by atoms with Gasteiger partial charge in [0.1, 0.15) is 11.6 Å². The topological polar surface area (TPSA) is 83.3 Å². The minimum absolute atomic E-state index is 0.0587. The minimum Gasteiger partial charge on any atom is -0.370 e. The van der Waals surface area contributed by atoms with Gasteiger partial charge in [0.15, 0.2) is 5.82 Å². The van der Waals surface area contributed by atoms with Gasteiger partial charge in [-0.1, -0.05) is 11.2 Å². The Labute approximate surface area is 135 Å². The highest BCUT2D eigenvalue weighted by atomic mass is 16.5. The summed E-state index contributed by atoms with van der Waals surface area (Å²) in [4.78, 5) is 18.4. The Morgan fingerprint density at radius 3 is 3.09 bits per heavy atom. The summed E-state index contributed by atoms with van der Waals surface area (Å²) in [6.07, 6.45) is 2.86. The lowest BCUT2D eigenvalue weighted by Gasteiger charge is -2.15. The van der Waals surface area contributed by atoms with Gasteiger partial charge in [0.25, 0.3) is 0 Å². The Morgan fingerprint density at radius 1 is 1.43 bits per heavy atom. The van der Waals surface area contributed by atoms with Gasteiger partial charge < -0.3 is 15.2 Å². The van der Waals surface area contributed by atoms with Crippen molar-refractivity contribution >= 4 is 17.5 Å². The Hall–Kier alpha value is -2.41. The molecule has 1 aliphatic heterocycles. The molecule has 2 N–H and O–H groups in total. The Kier molecular flexibility index (Phi) is 4.87. The first-order valence-corrected chi connectivity index (χ1v) is 7.79. The SMILES string of the molecule is Cc1cc(NC(=O)CN2CCC(CNc3ccccn3)C2)no1. The number of aryl methyl sites for hydroxylation is 1. The van der Waals surface area contributed by atoms with E-state index in [9.17, 15) is 4.79 Å². The van der Waals surface area contributed by atoms with E-state index in [1.165, 1.54) is 0 Å². The molecule has 1 aliphatic rings. The number of nitrogens with zero attached hydrogens (tertiary/aromatic N) is 3. The smallest absolute Gasteiger partial charge is 0.239 e. The van der Waals surface area contributed by atoms with Crippen LogP contribution >= 0.6 is 0 Å². The van der Waals surface area contributed by atoms with E-state index in [2.05, 4.69) is 25.7 Å². The molecule has 3 heterocycles. The molecule has 2 aromatic heterocycles. The molecular formula is C16H21N5O2. The van der Waals surface area contributed by atoms with Crippen LogP contribution in [0.4, 0.5) is 11.6 Å². The van der Waals surface area contributed by atoms with Crippen LogP contribution < -0.4 is 10.6 Å². The maximum Gasteiger partial charge on any atom is 0.239 e. The van der Waals surface area contributed by atoms with E-state index in [0.29, 0.717) is 24.0 Å². The van der Waals surface area contributed by atoms with E-state index in [4.69, 9.17) is 4.52 Å². The average molecular weight is 315 g/mol. The van der Waals surface area contributed by atoms with Gasteiger partial charge in [0, 0.05) is 25.4 Å². The van der Waals surface area contributed by atoms with E-state index >= 15 is 0 Å². The second-order valence-electron chi connectivity index (χ2n) is 5.86. The first-order chi connectivity index (χ1) is 11.2. The molecule has 0 aromatic carbocycles. The van der Waals surface area contributed by atoms with Crippen LogP contribution in [-0.4, -0.2) is 47.1 Å². The molecule has 0 spiro atoms. The van der Waals surface area contributed by atoms with Crippen molar-refractivity contribution in [3.05, 3.63) is 36.2 Å². The molecule has 1 saturated heterocycles. The largest absolute Gasteiger partial charge is 0.370 e. The molecule has 1 fully saturated rings. The molecule has 1 unspecified atom stereocenters. The third-order valence-corrected chi connectivity index (χ3v) is 3.87. The van der Waals surface area contributed by atoms with Gasteiger partial charge in [-0.15, -0.1) is 0 Å². The fourth-order valence-electron chi connectivity index (χ4n) is 2.75. The standard InChI is InChI=1S/C16H21N5O2/c1-12-8-15(20-23-12)19-16(22)11-21-7-5-13(10-21)9-18-14-4-2-3-6-17-14/h2-4,6,8,13H,5,7,9-11H2,1H3,(H,17,18)(H,19,20,22). The van der Waals surface area contributed by atoms with Gasteiger partial charge in [-0.2, -0.15) is 0 Å². The zero-order chi connectivity index (χ0) is 16.1. The van der Waals surface area contributed by atoms with Crippen molar-refractivity contribution in [2.45, 2.75) is 13.3 Å². The number of hydrogen-bond donors (Lipinski definition) is 2. The molecule has 0 saturated carbocycles. The third-order valence-electron chi connectivity index (χ3n) is 3.87. The molecule has 7 heteroatoms. The Balaban J connectivity index is 1.40. The normalized spacial score (nSPS) is 18.0. The van der Waals surface area contributed by atoms with Gasteiger partial charge in [0.2, 0.25) is 5.91 Å². The Bertz CT molecular complexity index is 643. The zero-order valence-corrected chi connectivity index (χ0v) is 13.2. The summed E-state index contributed by atoms with van der Waals surface area (Å²) in [7, 11) is 0. The number of likely N-dealkylation sites (tertiary alicyclic amines) is 1. The van der Waals surface area contributed by atoms with E-state index in [0.717, 1.165) is 31.9 Å². The molecule has 23 heavy (non-hydrogen) atoms. The fourth-order valence-corrected chi connectivity index (χ4v) is 2.75. The third kappa shape index (κ3) is 4.53. The lowest BCUT2D eigenvalue weighted by atomic mass is 10.1. The van der Waals surface area contributed by atoms with Gasteiger partial charge in [0.05, 0.1) is 6.54 Å². The van der Waals surface area contributed by atoms with Crippen molar-refractivity contribution in [1.82, 2.24) is 15.0 Å². The van der Waals surface area contributed by atoms with Gasteiger partial charge in [-0.3, -0.25) is 9.69 Å². The highest BCUT2D eigenvalue weighted by molar-refractivity contribution is 5.91. The van der Waals surface area contributed by atoms with Crippen molar-refractivity contribution in [2.75, 3.05) is 36.8 Å². The highest BCUT2D eigenvalue weighted by Crippen LogP contribution is 2.17. The summed E-state index contributed by atoms with van der Waals surface area (Å²) in [6, 6.07) is 7.53. The van der Waals surface area contributed by atoms with E-state index in [-0.39, 0.29) is 5.91 Å². The summed E-state index contributed by atoms with van der Waals surface area (Å²) >= 11 is 0. The number of nitrogens with one attached hydrogen (secondary N) is 2. The van der Waals surface area contributed by atoms with Crippen LogP contribution in [0.2, 0.25) is 0 Å². The van der Waals surface area contributed by atoms with Crippen LogP contribution in [0.15, 0.2) is 35.0 Å². The first kappa shape index (κ1) is 15.5. The molecule has 122 valence electrons. The van der Waals surface area contributed by atoms with E-state index < -0.39 is 0 Å². The predicted octanol–water partition coefficient (Wildman–Crippen LogP) is 1.75.